The van der Waals surface area contributed by atoms with Gasteiger partial charge in [-0.1, -0.05) is 78.9 Å². The zero-order chi connectivity index (χ0) is 24.7. The predicted octanol–water partition coefficient (Wildman–Crippen LogP) is 4.37. The Morgan fingerprint density at radius 1 is 0.886 bits per heavy atom. The highest BCUT2D eigenvalue weighted by molar-refractivity contribution is 5.89. The lowest BCUT2D eigenvalue weighted by Crippen LogP contribution is -2.48. The Hall–Kier alpha value is -3.17. The van der Waals surface area contributed by atoms with Crippen molar-refractivity contribution >= 4 is 5.97 Å². The fourth-order valence-electron chi connectivity index (χ4n) is 3.74. The molecule has 1 aliphatic rings. The van der Waals surface area contributed by atoms with Crippen molar-refractivity contribution in [3.8, 4) is 0 Å². The third-order valence-corrected chi connectivity index (χ3v) is 5.60. The minimum absolute atomic E-state index is 0.0844. The molecule has 35 heavy (non-hydrogen) atoms. The van der Waals surface area contributed by atoms with Gasteiger partial charge in [-0.25, -0.2) is 4.79 Å². The quantitative estimate of drug-likeness (QED) is 0.431. The van der Waals surface area contributed by atoms with Crippen molar-refractivity contribution in [2.45, 2.75) is 43.7 Å². The van der Waals surface area contributed by atoms with Gasteiger partial charge >= 0.3 is 11.9 Å². The van der Waals surface area contributed by atoms with Gasteiger partial charge in [-0.15, -0.1) is 0 Å². The molecular formula is C27H26F2O6. The first-order valence-corrected chi connectivity index (χ1v) is 11.2. The van der Waals surface area contributed by atoms with Crippen molar-refractivity contribution in [3.05, 3.63) is 108 Å². The summed E-state index contributed by atoms with van der Waals surface area (Å²) in [5, 5.41) is 9.96. The summed E-state index contributed by atoms with van der Waals surface area (Å²) in [6.45, 7) is 0.168. The maximum absolute atomic E-state index is 14.9. The van der Waals surface area contributed by atoms with E-state index in [1.54, 1.807) is 18.2 Å². The highest BCUT2D eigenvalue weighted by Crippen LogP contribution is 2.39. The van der Waals surface area contributed by atoms with Gasteiger partial charge in [0.05, 0.1) is 25.4 Å². The van der Waals surface area contributed by atoms with Crippen LogP contribution in [0.15, 0.2) is 91.0 Å². The van der Waals surface area contributed by atoms with Crippen LogP contribution in [0.3, 0.4) is 0 Å². The Morgan fingerprint density at radius 3 is 2.03 bits per heavy atom. The van der Waals surface area contributed by atoms with Crippen LogP contribution >= 0.6 is 0 Å². The molecule has 0 radical (unpaired) electrons. The van der Waals surface area contributed by atoms with Gasteiger partial charge < -0.3 is 24.1 Å². The maximum Gasteiger partial charge on any atom is 0.338 e. The molecule has 1 fully saturated rings. The van der Waals surface area contributed by atoms with E-state index in [4.69, 9.17) is 18.9 Å². The predicted molar refractivity (Wildman–Crippen MR) is 123 cm³/mol. The monoisotopic (exact) mass is 484 g/mol. The number of aliphatic hydroxyl groups is 1. The third-order valence-electron chi connectivity index (χ3n) is 5.60. The number of carbonyl (C=O) groups is 1. The Labute approximate surface area is 202 Å². The lowest BCUT2D eigenvalue weighted by atomic mass is 10.0. The second-order valence-corrected chi connectivity index (χ2v) is 8.16. The molecule has 1 heterocycles. The molecule has 1 N–H and O–H groups in total. The normalized spacial score (nSPS) is 22.0. The van der Waals surface area contributed by atoms with E-state index in [0.717, 1.165) is 11.1 Å². The van der Waals surface area contributed by atoms with E-state index < -0.39 is 36.5 Å². The molecule has 3 aromatic carbocycles. The van der Waals surface area contributed by atoms with Gasteiger partial charge in [-0.05, 0) is 23.3 Å². The summed E-state index contributed by atoms with van der Waals surface area (Å²) in [5.74, 6) is -4.80. The molecule has 184 valence electrons. The summed E-state index contributed by atoms with van der Waals surface area (Å²) in [7, 11) is 0. The highest BCUT2D eigenvalue weighted by Gasteiger charge is 2.63. The average Bonchev–Trinajstić information content (AvgIpc) is 3.11. The van der Waals surface area contributed by atoms with Crippen LogP contribution in [0.25, 0.3) is 0 Å². The smallest absolute Gasteiger partial charge is 0.338 e. The molecule has 1 aliphatic heterocycles. The van der Waals surface area contributed by atoms with Crippen LogP contribution in [-0.2, 0) is 32.2 Å². The fourth-order valence-corrected chi connectivity index (χ4v) is 3.74. The van der Waals surface area contributed by atoms with Crippen molar-refractivity contribution in [3.63, 3.8) is 0 Å². The minimum Gasteiger partial charge on any atom is -0.449 e. The average molecular weight is 484 g/mol. The molecule has 4 atom stereocenters. The van der Waals surface area contributed by atoms with E-state index in [-0.39, 0.29) is 25.4 Å². The number of hydrogen-bond donors (Lipinski definition) is 1. The van der Waals surface area contributed by atoms with Crippen molar-refractivity contribution in [2.24, 2.45) is 0 Å². The van der Waals surface area contributed by atoms with Gasteiger partial charge in [0.2, 0.25) is 6.29 Å². The SMILES string of the molecule is O=C(OC1C(C(COCc2ccccc2)OCc2ccccc2)OC(O)C1(F)F)c1ccccc1. The summed E-state index contributed by atoms with van der Waals surface area (Å²) in [5.41, 5.74) is 1.80. The summed E-state index contributed by atoms with van der Waals surface area (Å²) < 4.78 is 51.8. The Morgan fingerprint density at radius 2 is 1.43 bits per heavy atom. The number of carbonyl (C=O) groups excluding carboxylic acids is 1. The maximum atomic E-state index is 14.9. The Balaban J connectivity index is 1.52. The number of ether oxygens (including phenoxy) is 4. The number of hydrogen-bond acceptors (Lipinski definition) is 6. The highest BCUT2D eigenvalue weighted by atomic mass is 19.3. The standard InChI is InChI=1S/C27H26F2O6/c28-27(29)24(35-25(30)21-14-8-3-9-15-21)23(34-26(27)31)22(33-17-20-12-6-2-7-13-20)18-32-16-19-10-4-1-5-11-19/h1-15,22-24,26,31H,16-18H2. The molecule has 4 unspecified atom stereocenters. The number of rotatable bonds is 10. The van der Waals surface area contributed by atoms with Gasteiger partial charge in [0.15, 0.2) is 6.10 Å². The van der Waals surface area contributed by atoms with Crippen molar-refractivity contribution < 1.29 is 37.6 Å². The van der Waals surface area contributed by atoms with Crippen LogP contribution in [0.2, 0.25) is 0 Å². The van der Waals surface area contributed by atoms with Crippen LogP contribution in [-0.4, -0.2) is 48.2 Å². The molecule has 0 bridgehead atoms. The molecule has 0 amide bonds. The van der Waals surface area contributed by atoms with E-state index in [2.05, 4.69) is 0 Å². The van der Waals surface area contributed by atoms with Crippen LogP contribution in [0.1, 0.15) is 21.5 Å². The zero-order valence-electron chi connectivity index (χ0n) is 18.8. The van der Waals surface area contributed by atoms with Gasteiger partial charge in [0, 0.05) is 0 Å². The van der Waals surface area contributed by atoms with E-state index in [1.807, 2.05) is 60.7 Å². The molecule has 1 saturated heterocycles. The number of esters is 1. The number of aliphatic hydroxyl groups excluding tert-OH is 1. The molecule has 6 nitrogen and oxygen atoms in total. The molecule has 8 heteroatoms. The summed E-state index contributed by atoms with van der Waals surface area (Å²) >= 11 is 0. The second-order valence-electron chi connectivity index (χ2n) is 8.16. The third kappa shape index (κ3) is 6.29. The molecule has 3 aromatic rings. The molecule has 0 spiro atoms. The first-order valence-electron chi connectivity index (χ1n) is 11.2. The largest absolute Gasteiger partial charge is 0.449 e. The first kappa shape index (κ1) is 24.9. The second kappa shape index (κ2) is 11.5. The lowest BCUT2D eigenvalue weighted by molar-refractivity contribution is -0.204. The summed E-state index contributed by atoms with van der Waals surface area (Å²) in [6.07, 6.45) is -7.06. The fraction of sp³-hybridized carbons (Fsp3) is 0.296. The van der Waals surface area contributed by atoms with Crippen molar-refractivity contribution in [2.75, 3.05) is 6.61 Å². The molecule has 0 aromatic heterocycles. The molecule has 0 saturated carbocycles. The zero-order valence-corrected chi connectivity index (χ0v) is 18.8. The number of halogens is 2. The molecule has 0 aliphatic carbocycles. The van der Waals surface area contributed by atoms with Gasteiger partial charge in [-0.3, -0.25) is 0 Å². The lowest BCUT2D eigenvalue weighted by Gasteiger charge is -2.28. The van der Waals surface area contributed by atoms with E-state index in [1.165, 1.54) is 12.1 Å². The molecule has 4 rings (SSSR count). The number of benzene rings is 3. The Kier molecular flexibility index (Phi) is 8.20. The number of alkyl halides is 2. The summed E-state index contributed by atoms with van der Waals surface area (Å²) in [4.78, 5) is 12.6. The van der Waals surface area contributed by atoms with E-state index in [0.29, 0.717) is 0 Å². The topological polar surface area (TPSA) is 74.2 Å². The van der Waals surface area contributed by atoms with Crippen LogP contribution < -0.4 is 0 Å². The van der Waals surface area contributed by atoms with Gasteiger partial charge in [0.1, 0.15) is 12.2 Å². The Bertz CT molecular complexity index is 1060. The van der Waals surface area contributed by atoms with Crippen LogP contribution in [0.5, 0.6) is 0 Å². The van der Waals surface area contributed by atoms with E-state index >= 15 is 0 Å². The van der Waals surface area contributed by atoms with Gasteiger partial charge in [-0.2, -0.15) is 8.78 Å². The first-order chi connectivity index (χ1) is 16.9. The van der Waals surface area contributed by atoms with Crippen molar-refractivity contribution in [1.29, 1.82) is 0 Å². The van der Waals surface area contributed by atoms with Gasteiger partial charge in [0.25, 0.3) is 0 Å². The summed E-state index contributed by atoms with van der Waals surface area (Å²) in [6, 6.07) is 26.3. The van der Waals surface area contributed by atoms with Crippen LogP contribution in [0, 0.1) is 0 Å². The van der Waals surface area contributed by atoms with E-state index in [9.17, 15) is 18.7 Å². The van der Waals surface area contributed by atoms with Crippen LogP contribution in [0.4, 0.5) is 8.78 Å². The van der Waals surface area contributed by atoms with Crippen molar-refractivity contribution in [1.82, 2.24) is 0 Å². The molecular weight excluding hydrogens is 458 g/mol. The minimum atomic E-state index is -3.84.